The molecule has 0 bridgehead atoms. The third-order valence-corrected chi connectivity index (χ3v) is 2.02. The Hall–Kier alpha value is -2.04. The molecular formula is C12H15NO4. The molecule has 92 valence electrons. The summed E-state index contributed by atoms with van der Waals surface area (Å²) in [7, 11) is 0. The third kappa shape index (κ3) is 5.55. The molecule has 0 aliphatic heterocycles. The maximum Gasteiger partial charge on any atom is 0.322 e. The fourth-order valence-corrected chi connectivity index (χ4v) is 1.23. The fourth-order valence-electron chi connectivity index (χ4n) is 1.23. The molecule has 2 N–H and O–H groups in total. The minimum Gasteiger partial charge on any atom is -0.493 e. The normalized spacial score (nSPS) is 9.71. The van der Waals surface area contributed by atoms with Crippen LogP contribution in [-0.2, 0) is 9.59 Å². The number of carboxylic acids is 1. The van der Waals surface area contributed by atoms with Crippen molar-refractivity contribution in [2.24, 2.45) is 0 Å². The lowest BCUT2D eigenvalue weighted by atomic mass is 10.2. The predicted octanol–water partition coefficient (Wildman–Crippen LogP) is 0.965. The third-order valence-electron chi connectivity index (χ3n) is 2.02. The van der Waals surface area contributed by atoms with E-state index in [2.05, 4.69) is 5.32 Å². The van der Waals surface area contributed by atoms with E-state index in [4.69, 9.17) is 9.84 Å². The number of amides is 1. The lowest BCUT2D eigenvalue weighted by molar-refractivity contribution is -0.138. The van der Waals surface area contributed by atoms with Crippen LogP contribution >= 0.6 is 0 Å². The average Bonchev–Trinajstić information content (AvgIpc) is 2.26. The molecule has 0 aromatic heterocycles. The largest absolute Gasteiger partial charge is 0.493 e. The Labute approximate surface area is 99.4 Å². The van der Waals surface area contributed by atoms with Crippen LogP contribution in [0.1, 0.15) is 12.0 Å². The SMILES string of the molecule is Cc1cccc(OCCC(=O)NCC(=O)O)c1. The van der Waals surface area contributed by atoms with E-state index in [-0.39, 0.29) is 25.5 Å². The van der Waals surface area contributed by atoms with Crippen LogP contribution in [0.4, 0.5) is 0 Å². The number of nitrogens with one attached hydrogen (secondary N) is 1. The lowest BCUT2D eigenvalue weighted by Gasteiger charge is -2.06. The van der Waals surface area contributed by atoms with Crippen molar-refractivity contribution >= 4 is 11.9 Å². The first kappa shape index (κ1) is 13.0. The Kier molecular flexibility index (Phi) is 5.00. The maximum atomic E-state index is 11.2. The van der Waals surface area contributed by atoms with Crippen molar-refractivity contribution in [3.8, 4) is 5.75 Å². The number of hydrogen-bond acceptors (Lipinski definition) is 3. The quantitative estimate of drug-likeness (QED) is 0.772. The zero-order valence-corrected chi connectivity index (χ0v) is 9.60. The van der Waals surface area contributed by atoms with Gasteiger partial charge in [0.1, 0.15) is 12.3 Å². The number of aliphatic carboxylic acids is 1. The van der Waals surface area contributed by atoms with Gasteiger partial charge in [-0.2, -0.15) is 0 Å². The molecule has 1 rings (SSSR count). The van der Waals surface area contributed by atoms with Crippen LogP contribution in [0, 0.1) is 6.92 Å². The molecular weight excluding hydrogens is 222 g/mol. The van der Waals surface area contributed by atoms with Gasteiger partial charge in [-0.15, -0.1) is 0 Å². The summed E-state index contributed by atoms with van der Waals surface area (Å²) in [4.78, 5) is 21.3. The van der Waals surface area contributed by atoms with Crippen LogP contribution in [0.25, 0.3) is 0 Å². The molecule has 0 saturated carbocycles. The highest BCUT2D eigenvalue weighted by Crippen LogP contribution is 2.12. The monoisotopic (exact) mass is 237 g/mol. The minimum atomic E-state index is -1.06. The van der Waals surface area contributed by atoms with E-state index in [1.54, 1.807) is 0 Å². The molecule has 0 unspecified atom stereocenters. The number of carbonyl (C=O) groups excluding carboxylic acids is 1. The van der Waals surface area contributed by atoms with Gasteiger partial charge < -0.3 is 15.2 Å². The second-order valence-corrected chi connectivity index (χ2v) is 3.59. The standard InChI is InChI=1S/C12H15NO4/c1-9-3-2-4-10(7-9)17-6-5-11(14)13-8-12(15)16/h2-4,7H,5-6,8H2,1H3,(H,13,14)(H,15,16). The van der Waals surface area contributed by atoms with Gasteiger partial charge in [-0.05, 0) is 24.6 Å². The Balaban J connectivity index is 2.23. The molecule has 1 amide bonds. The van der Waals surface area contributed by atoms with Crippen molar-refractivity contribution in [2.75, 3.05) is 13.2 Å². The first-order valence-electron chi connectivity index (χ1n) is 5.26. The van der Waals surface area contributed by atoms with Gasteiger partial charge in [0, 0.05) is 0 Å². The van der Waals surface area contributed by atoms with Crippen LogP contribution in [-0.4, -0.2) is 30.1 Å². The first-order chi connectivity index (χ1) is 8.08. The van der Waals surface area contributed by atoms with Gasteiger partial charge in [0.15, 0.2) is 0 Å². The Morgan fingerprint density at radius 2 is 2.18 bits per heavy atom. The zero-order valence-electron chi connectivity index (χ0n) is 9.60. The highest BCUT2D eigenvalue weighted by atomic mass is 16.5. The van der Waals surface area contributed by atoms with Gasteiger partial charge >= 0.3 is 5.97 Å². The summed E-state index contributed by atoms with van der Waals surface area (Å²) in [6, 6.07) is 7.50. The van der Waals surface area contributed by atoms with E-state index in [0.29, 0.717) is 5.75 Å². The molecule has 0 aliphatic carbocycles. The number of carbonyl (C=O) groups is 2. The van der Waals surface area contributed by atoms with Crippen LogP contribution in [0.5, 0.6) is 5.75 Å². The summed E-state index contributed by atoms with van der Waals surface area (Å²) in [5.41, 5.74) is 1.08. The Bertz CT molecular complexity index is 403. The van der Waals surface area contributed by atoms with Gasteiger partial charge in [-0.3, -0.25) is 9.59 Å². The minimum absolute atomic E-state index is 0.140. The topological polar surface area (TPSA) is 75.6 Å². The first-order valence-corrected chi connectivity index (χ1v) is 5.26. The molecule has 1 aromatic rings. The Morgan fingerprint density at radius 1 is 1.41 bits per heavy atom. The molecule has 0 heterocycles. The number of benzene rings is 1. The van der Waals surface area contributed by atoms with Gasteiger partial charge in [0.05, 0.1) is 13.0 Å². The number of aryl methyl sites for hydroxylation is 1. The molecule has 0 fully saturated rings. The number of rotatable bonds is 6. The van der Waals surface area contributed by atoms with Gasteiger partial charge in [0.25, 0.3) is 0 Å². The molecule has 5 nitrogen and oxygen atoms in total. The zero-order chi connectivity index (χ0) is 12.7. The maximum absolute atomic E-state index is 11.2. The van der Waals surface area contributed by atoms with Crippen LogP contribution in [0.15, 0.2) is 24.3 Å². The highest BCUT2D eigenvalue weighted by Gasteiger charge is 2.04. The summed E-state index contributed by atoms with van der Waals surface area (Å²) in [5, 5.41) is 10.6. The van der Waals surface area contributed by atoms with E-state index in [1.165, 1.54) is 0 Å². The van der Waals surface area contributed by atoms with Crippen molar-refractivity contribution in [3.05, 3.63) is 29.8 Å². The second-order valence-electron chi connectivity index (χ2n) is 3.59. The second kappa shape index (κ2) is 6.52. The summed E-state index contributed by atoms with van der Waals surface area (Å²) >= 11 is 0. The van der Waals surface area contributed by atoms with Crippen molar-refractivity contribution in [2.45, 2.75) is 13.3 Å². The molecule has 5 heteroatoms. The van der Waals surface area contributed by atoms with Crippen molar-refractivity contribution in [1.29, 1.82) is 0 Å². The molecule has 0 aliphatic rings. The number of ether oxygens (including phenoxy) is 1. The van der Waals surface area contributed by atoms with Crippen LogP contribution in [0.3, 0.4) is 0 Å². The molecule has 0 saturated heterocycles. The number of hydrogen-bond donors (Lipinski definition) is 2. The molecule has 1 aromatic carbocycles. The van der Waals surface area contributed by atoms with Gasteiger partial charge in [-0.25, -0.2) is 0 Å². The summed E-state index contributed by atoms with van der Waals surface area (Å²) in [6.45, 7) is 1.82. The van der Waals surface area contributed by atoms with E-state index in [9.17, 15) is 9.59 Å². The molecule has 0 atom stereocenters. The van der Waals surface area contributed by atoms with Gasteiger partial charge in [0.2, 0.25) is 5.91 Å². The average molecular weight is 237 g/mol. The van der Waals surface area contributed by atoms with Crippen LogP contribution in [0.2, 0.25) is 0 Å². The summed E-state index contributed by atoms with van der Waals surface area (Å²) < 4.78 is 5.36. The highest BCUT2D eigenvalue weighted by molar-refractivity contribution is 5.81. The summed E-state index contributed by atoms with van der Waals surface area (Å²) in [6.07, 6.45) is 0.140. The smallest absolute Gasteiger partial charge is 0.322 e. The molecule has 0 radical (unpaired) electrons. The Morgan fingerprint density at radius 3 is 2.82 bits per heavy atom. The van der Waals surface area contributed by atoms with E-state index in [1.807, 2.05) is 31.2 Å². The van der Waals surface area contributed by atoms with E-state index >= 15 is 0 Å². The molecule has 17 heavy (non-hydrogen) atoms. The summed E-state index contributed by atoms with van der Waals surface area (Å²) in [5.74, 6) is -0.686. The fraction of sp³-hybridized carbons (Fsp3) is 0.333. The molecule has 0 spiro atoms. The van der Waals surface area contributed by atoms with Crippen molar-refractivity contribution in [3.63, 3.8) is 0 Å². The van der Waals surface area contributed by atoms with Crippen molar-refractivity contribution in [1.82, 2.24) is 5.32 Å². The van der Waals surface area contributed by atoms with E-state index < -0.39 is 5.97 Å². The lowest BCUT2D eigenvalue weighted by Crippen LogP contribution is -2.30. The van der Waals surface area contributed by atoms with E-state index in [0.717, 1.165) is 5.56 Å². The van der Waals surface area contributed by atoms with Crippen LogP contribution < -0.4 is 10.1 Å². The van der Waals surface area contributed by atoms with Gasteiger partial charge in [-0.1, -0.05) is 12.1 Å². The number of carboxylic acid groups (broad SMARTS) is 1. The predicted molar refractivity (Wildman–Crippen MR) is 61.9 cm³/mol. The van der Waals surface area contributed by atoms with Crippen molar-refractivity contribution < 1.29 is 19.4 Å².